The molecule has 22 heavy (non-hydrogen) atoms. The monoisotopic (exact) mass is 331 g/mol. The summed E-state index contributed by atoms with van der Waals surface area (Å²) in [7, 11) is 0. The summed E-state index contributed by atoms with van der Waals surface area (Å²) in [4.78, 5) is 24.2. The van der Waals surface area contributed by atoms with Gasteiger partial charge in [-0.25, -0.2) is 4.79 Å². The van der Waals surface area contributed by atoms with E-state index in [0.717, 1.165) is 12.8 Å². The number of carboxylic acids is 1. The number of carbonyl (C=O) groups is 2. The van der Waals surface area contributed by atoms with Crippen LogP contribution in [0, 0.1) is 5.92 Å². The van der Waals surface area contributed by atoms with E-state index in [4.69, 9.17) is 9.47 Å². The Bertz CT molecular complexity index is 472. The van der Waals surface area contributed by atoms with Gasteiger partial charge in [0.15, 0.2) is 0 Å². The zero-order valence-electron chi connectivity index (χ0n) is 12.6. The molecule has 8 heteroatoms. The first kappa shape index (κ1) is 17.1. The number of carboxylic acid groups (broad SMARTS) is 1. The van der Waals surface area contributed by atoms with E-state index < -0.39 is 29.3 Å². The number of aliphatic carboxylic acids is 1. The van der Waals surface area contributed by atoms with E-state index in [1.807, 2.05) is 0 Å². The van der Waals surface area contributed by atoms with Crippen LogP contribution in [0.1, 0.15) is 26.7 Å². The van der Waals surface area contributed by atoms with Gasteiger partial charge in [0.2, 0.25) is 0 Å². The molecule has 0 aliphatic carbocycles. The molecule has 1 fully saturated rings. The largest absolute Gasteiger partial charge is 0.481 e. The fraction of sp³-hybridized carbons (Fsp3) is 0.714. The van der Waals surface area contributed by atoms with E-state index in [-0.39, 0.29) is 18.4 Å². The fourth-order valence-electron chi connectivity index (χ4n) is 2.57. The van der Waals surface area contributed by atoms with Crippen LogP contribution in [0.4, 0.5) is 0 Å². The second kappa shape index (κ2) is 7.34. The van der Waals surface area contributed by atoms with Crippen LogP contribution >= 0.6 is 11.8 Å². The van der Waals surface area contributed by atoms with E-state index >= 15 is 0 Å². The predicted molar refractivity (Wildman–Crippen MR) is 80.0 cm³/mol. The van der Waals surface area contributed by atoms with Crippen molar-refractivity contribution >= 4 is 23.7 Å². The topological polar surface area (TPSA) is 105 Å². The zero-order chi connectivity index (χ0) is 16.3. The Morgan fingerprint density at radius 1 is 1.55 bits per heavy atom. The van der Waals surface area contributed by atoms with Crippen LogP contribution in [0.15, 0.2) is 10.6 Å². The summed E-state index contributed by atoms with van der Waals surface area (Å²) in [6.45, 7) is 3.99. The van der Waals surface area contributed by atoms with E-state index in [2.05, 4.69) is 5.32 Å². The first-order chi connectivity index (χ1) is 10.5. The number of carbonyl (C=O) groups excluding carboxylic acids is 1. The van der Waals surface area contributed by atoms with Gasteiger partial charge in [-0.3, -0.25) is 4.79 Å². The summed E-state index contributed by atoms with van der Waals surface area (Å²) in [6.07, 6.45) is 0.417. The molecule has 2 rings (SSSR count). The van der Waals surface area contributed by atoms with Crippen LogP contribution in [0.25, 0.3) is 0 Å². The van der Waals surface area contributed by atoms with Gasteiger partial charge in [-0.2, -0.15) is 0 Å². The van der Waals surface area contributed by atoms with Gasteiger partial charge in [-0.05, 0) is 26.7 Å². The highest BCUT2D eigenvalue weighted by molar-refractivity contribution is 8.04. The van der Waals surface area contributed by atoms with Gasteiger partial charge in [0.25, 0.3) is 0 Å². The minimum absolute atomic E-state index is 0.217. The van der Waals surface area contributed by atoms with Crippen molar-refractivity contribution in [3.05, 3.63) is 10.6 Å². The van der Waals surface area contributed by atoms with Crippen LogP contribution in [-0.4, -0.2) is 52.9 Å². The molecular weight excluding hydrogens is 310 g/mol. The average molecular weight is 331 g/mol. The van der Waals surface area contributed by atoms with Gasteiger partial charge in [-0.15, -0.1) is 0 Å². The average Bonchev–Trinajstić information content (AvgIpc) is 3.06. The normalized spacial score (nSPS) is 27.4. The first-order valence-electron chi connectivity index (χ1n) is 7.32. The maximum absolute atomic E-state index is 12.1. The number of aliphatic hydroxyl groups is 1. The number of aliphatic hydroxyl groups excluding tert-OH is 1. The van der Waals surface area contributed by atoms with Crippen LogP contribution in [-0.2, 0) is 19.1 Å². The minimum Gasteiger partial charge on any atom is -0.481 e. The van der Waals surface area contributed by atoms with Gasteiger partial charge in [0.05, 0.1) is 24.2 Å². The van der Waals surface area contributed by atoms with Gasteiger partial charge in [0.1, 0.15) is 11.6 Å². The van der Waals surface area contributed by atoms with Crippen molar-refractivity contribution in [1.29, 1.82) is 0 Å². The first-order valence-corrected chi connectivity index (χ1v) is 8.20. The lowest BCUT2D eigenvalue weighted by Crippen LogP contribution is -2.41. The van der Waals surface area contributed by atoms with Crippen molar-refractivity contribution in [2.24, 2.45) is 5.92 Å². The molecule has 124 valence electrons. The molecule has 0 aromatic rings. The maximum Gasteiger partial charge on any atom is 0.355 e. The number of thioether (sulfide) groups is 1. The number of hydrogen-bond acceptors (Lipinski definition) is 7. The Labute approximate surface area is 133 Å². The third kappa shape index (κ3) is 3.56. The Morgan fingerprint density at radius 3 is 2.77 bits per heavy atom. The van der Waals surface area contributed by atoms with Crippen LogP contribution in [0.3, 0.4) is 0 Å². The van der Waals surface area contributed by atoms with Crippen molar-refractivity contribution in [2.45, 2.75) is 44.3 Å². The Balaban J connectivity index is 2.22. The lowest BCUT2D eigenvalue weighted by atomic mass is 10.0. The molecule has 0 aromatic carbocycles. The molecule has 0 saturated carbocycles. The molecule has 0 aromatic heterocycles. The summed E-state index contributed by atoms with van der Waals surface area (Å²) in [5, 5.41) is 21.3. The third-order valence-electron chi connectivity index (χ3n) is 3.62. The van der Waals surface area contributed by atoms with Crippen LogP contribution < -0.4 is 5.32 Å². The number of rotatable bonds is 6. The second-order valence-electron chi connectivity index (χ2n) is 5.25. The maximum atomic E-state index is 12.1. The van der Waals surface area contributed by atoms with Gasteiger partial charge in [-0.1, -0.05) is 11.8 Å². The highest BCUT2D eigenvalue weighted by Gasteiger charge is 2.42. The SMILES string of the molecule is CCOC(=O)C1=C([C@H]2CCCO2)SC([C@@H](C(=O)O)[C@@H](C)O)N1. The summed E-state index contributed by atoms with van der Waals surface area (Å²) >= 11 is 1.24. The van der Waals surface area contributed by atoms with E-state index in [1.54, 1.807) is 6.92 Å². The molecule has 3 N–H and O–H groups in total. The molecule has 2 aliphatic rings. The van der Waals surface area contributed by atoms with Crippen molar-refractivity contribution in [1.82, 2.24) is 5.32 Å². The van der Waals surface area contributed by atoms with Crippen molar-refractivity contribution in [2.75, 3.05) is 13.2 Å². The summed E-state index contributed by atoms with van der Waals surface area (Å²) in [6, 6.07) is 0. The molecule has 0 radical (unpaired) electrons. The third-order valence-corrected chi connectivity index (χ3v) is 5.01. The number of ether oxygens (including phenoxy) is 2. The number of esters is 1. The lowest BCUT2D eigenvalue weighted by molar-refractivity contribution is -0.146. The summed E-state index contributed by atoms with van der Waals surface area (Å²) in [5.41, 5.74) is 0.260. The van der Waals surface area contributed by atoms with Crippen LogP contribution in [0.2, 0.25) is 0 Å². The Hall–Kier alpha value is -1.25. The molecular formula is C14H21NO6S. The van der Waals surface area contributed by atoms with E-state index in [1.165, 1.54) is 18.7 Å². The van der Waals surface area contributed by atoms with E-state index in [9.17, 15) is 19.8 Å². The molecule has 2 heterocycles. The molecule has 0 amide bonds. The summed E-state index contributed by atoms with van der Waals surface area (Å²) < 4.78 is 10.6. The van der Waals surface area contributed by atoms with Crippen LogP contribution in [0.5, 0.6) is 0 Å². The van der Waals surface area contributed by atoms with Crippen molar-refractivity contribution in [3.63, 3.8) is 0 Å². The molecule has 1 saturated heterocycles. The Kier molecular flexibility index (Phi) is 5.71. The molecule has 0 spiro atoms. The zero-order valence-corrected chi connectivity index (χ0v) is 13.4. The quantitative estimate of drug-likeness (QED) is 0.611. The van der Waals surface area contributed by atoms with E-state index in [0.29, 0.717) is 11.5 Å². The number of nitrogens with one attached hydrogen (secondary N) is 1. The molecule has 0 bridgehead atoms. The predicted octanol–water partition coefficient (Wildman–Crippen LogP) is 0.684. The fourth-order valence-corrected chi connectivity index (χ4v) is 4.11. The second-order valence-corrected chi connectivity index (χ2v) is 6.43. The Morgan fingerprint density at radius 2 is 2.27 bits per heavy atom. The molecule has 1 unspecified atom stereocenters. The molecule has 2 aliphatic heterocycles. The van der Waals surface area contributed by atoms with Crippen molar-refractivity contribution in [3.8, 4) is 0 Å². The smallest absolute Gasteiger partial charge is 0.355 e. The van der Waals surface area contributed by atoms with Gasteiger partial charge >= 0.3 is 11.9 Å². The standard InChI is InChI=1S/C14H21NO6S/c1-3-20-14(19)10-11(8-5-4-6-21-8)22-12(15-10)9(7(2)16)13(17)18/h7-9,12,15-16H,3-6H2,1-2H3,(H,17,18)/t7-,8-,9+,12?/m1/s1. The molecule has 4 atom stereocenters. The number of hydrogen-bond donors (Lipinski definition) is 3. The lowest BCUT2D eigenvalue weighted by Gasteiger charge is -2.22. The highest BCUT2D eigenvalue weighted by atomic mass is 32.2. The molecule has 7 nitrogen and oxygen atoms in total. The van der Waals surface area contributed by atoms with Gasteiger partial charge in [0, 0.05) is 11.5 Å². The van der Waals surface area contributed by atoms with Gasteiger partial charge < -0.3 is 25.0 Å². The highest BCUT2D eigenvalue weighted by Crippen LogP contribution is 2.41. The van der Waals surface area contributed by atoms with Crippen molar-refractivity contribution < 1.29 is 29.3 Å². The minimum atomic E-state index is -1.11. The summed E-state index contributed by atoms with van der Waals surface area (Å²) in [5.74, 6) is -2.66.